The van der Waals surface area contributed by atoms with E-state index in [-0.39, 0.29) is 0 Å². The zero-order valence-corrected chi connectivity index (χ0v) is 37.8. The Morgan fingerprint density at radius 3 is 1.32 bits per heavy atom. The topological polar surface area (TPSA) is 27.7 Å². The SMILES string of the molecule is c1ccccccccc(-n2c3ccccc3c3c(-c4cccc5c4c4ccccc4n5-c4ccc5c(c4)c4cc(-c6ccccc6)ccc4n5-c4ccccc4)cccc32)nccccccc1. The molecule has 0 atom stereocenters. The van der Waals surface area contributed by atoms with Gasteiger partial charge in [-0.3, -0.25) is 4.57 Å². The number of benzene rings is 8. The summed E-state index contributed by atoms with van der Waals surface area (Å²) in [6, 6.07) is 96.7. The summed E-state index contributed by atoms with van der Waals surface area (Å²) in [6.45, 7) is 0. The lowest BCUT2D eigenvalue weighted by Gasteiger charge is -2.11. The summed E-state index contributed by atoms with van der Waals surface area (Å²) in [4.78, 5) is 5.09. The number of hydrogen-bond donors (Lipinski definition) is 0. The van der Waals surface area contributed by atoms with Gasteiger partial charge in [-0.15, -0.1) is 0 Å². The van der Waals surface area contributed by atoms with E-state index in [9.17, 15) is 0 Å². The first-order valence-corrected chi connectivity index (χ1v) is 23.5. The predicted molar refractivity (Wildman–Crippen MR) is 291 cm³/mol. The van der Waals surface area contributed by atoms with Crippen LogP contribution in [0.2, 0.25) is 0 Å². The number of fused-ring (bicyclic) bond motifs is 9. The molecule has 12 aromatic rings. The second-order valence-electron chi connectivity index (χ2n) is 17.1. The molecule has 0 bridgehead atoms. The smallest absolute Gasteiger partial charge is 0.137 e. The lowest BCUT2D eigenvalue weighted by Crippen LogP contribution is -1.96. The number of para-hydroxylation sites is 3. The zero-order chi connectivity index (χ0) is 45.9. The summed E-state index contributed by atoms with van der Waals surface area (Å²) in [6.07, 6.45) is 1.87. The first kappa shape index (κ1) is 41.2. The third-order valence-electron chi connectivity index (χ3n) is 13.0. The molecule has 8 aromatic carbocycles. The van der Waals surface area contributed by atoms with Gasteiger partial charge in [0.1, 0.15) is 5.82 Å². The Morgan fingerprint density at radius 2 is 0.681 bits per heavy atom. The lowest BCUT2D eigenvalue weighted by molar-refractivity contribution is 1.09. The van der Waals surface area contributed by atoms with Gasteiger partial charge in [-0.05, 0) is 101 Å². The van der Waals surface area contributed by atoms with E-state index in [1.165, 1.54) is 65.6 Å². The number of nitrogens with zero attached hydrogens (tertiary/aromatic N) is 4. The van der Waals surface area contributed by atoms with Crippen LogP contribution in [-0.4, -0.2) is 18.7 Å². The van der Waals surface area contributed by atoms with Crippen LogP contribution in [0.3, 0.4) is 0 Å². The fourth-order valence-electron chi connectivity index (χ4n) is 10.1. The van der Waals surface area contributed by atoms with Crippen LogP contribution in [0.25, 0.3) is 105 Å². The molecule has 4 heteroatoms. The van der Waals surface area contributed by atoms with Crippen molar-refractivity contribution < 1.29 is 0 Å². The second-order valence-corrected chi connectivity index (χ2v) is 17.1. The normalized spacial score (nSPS) is 11.2. The maximum Gasteiger partial charge on any atom is 0.137 e. The van der Waals surface area contributed by atoms with Crippen LogP contribution >= 0.6 is 0 Å². The van der Waals surface area contributed by atoms with Crippen molar-refractivity contribution in [2.75, 3.05) is 0 Å². The highest BCUT2D eigenvalue weighted by molar-refractivity contribution is 6.22. The van der Waals surface area contributed by atoms with Crippen molar-refractivity contribution >= 4 is 65.4 Å². The van der Waals surface area contributed by atoms with E-state index in [0.29, 0.717) is 0 Å². The van der Waals surface area contributed by atoms with Crippen LogP contribution in [0.4, 0.5) is 0 Å². The quantitative estimate of drug-likeness (QED) is 0.169. The van der Waals surface area contributed by atoms with Gasteiger partial charge in [-0.2, -0.15) is 0 Å². The van der Waals surface area contributed by atoms with Crippen LogP contribution in [0.15, 0.2) is 279 Å². The number of rotatable bonds is 5. The molecule has 0 radical (unpaired) electrons. The first-order chi connectivity index (χ1) is 34.3. The highest BCUT2D eigenvalue weighted by Gasteiger charge is 2.22. The maximum atomic E-state index is 5.09. The van der Waals surface area contributed by atoms with Crippen LogP contribution in [0.1, 0.15) is 0 Å². The summed E-state index contributed by atoms with van der Waals surface area (Å²) >= 11 is 0. The molecule has 4 heterocycles. The monoisotopic (exact) mass is 882 g/mol. The van der Waals surface area contributed by atoms with E-state index in [1.54, 1.807) is 0 Å². The summed E-state index contributed by atoms with van der Waals surface area (Å²) in [5.74, 6) is 0.811. The third kappa shape index (κ3) is 7.51. The molecule has 0 aliphatic rings. The van der Waals surface area contributed by atoms with Gasteiger partial charge >= 0.3 is 0 Å². The molecule has 0 unspecified atom stereocenters. The molecule has 0 aliphatic carbocycles. The second kappa shape index (κ2) is 18.2. The minimum absolute atomic E-state index is 0.811. The average Bonchev–Trinajstić information content (AvgIpc) is 4.04. The number of hydrogen-bond acceptors (Lipinski definition) is 1. The van der Waals surface area contributed by atoms with Crippen molar-refractivity contribution in [2.24, 2.45) is 0 Å². The van der Waals surface area contributed by atoms with Gasteiger partial charge in [0, 0.05) is 49.9 Å². The van der Waals surface area contributed by atoms with Gasteiger partial charge in [0.25, 0.3) is 0 Å². The van der Waals surface area contributed by atoms with Crippen molar-refractivity contribution in [1.82, 2.24) is 18.7 Å². The molecular weight excluding hydrogens is 837 g/mol. The minimum Gasteiger partial charge on any atom is -0.309 e. The van der Waals surface area contributed by atoms with E-state index in [1.807, 2.05) is 85.1 Å². The van der Waals surface area contributed by atoms with E-state index >= 15 is 0 Å². The van der Waals surface area contributed by atoms with Crippen LogP contribution in [-0.2, 0) is 0 Å². The first-order valence-electron chi connectivity index (χ1n) is 23.5. The van der Waals surface area contributed by atoms with Crippen molar-refractivity contribution in [3.05, 3.63) is 279 Å². The fourth-order valence-corrected chi connectivity index (χ4v) is 10.1. The molecule has 0 spiro atoms. The van der Waals surface area contributed by atoms with E-state index in [2.05, 4.69) is 208 Å². The van der Waals surface area contributed by atoms with Gasteiger partial charge in [0.2, 0.25) is 0 Å². The number of aromatic nitrogens is 4. The van der Waals surface area contributed by atoms with Gasteiger partial charge < -0.3 is 9.13 Å². The van der Waals surface area contributed by atoms with Crippen molar-refractivity contribution in [3.8, 4) is 39.4 Å². The van der Waals surface area contributed by atoms with Crippen LogP contribution in [0.5, 0.6) is 0 Å². The van der Waals surface area contributed by atoms with Gasteiger partial charge in [-0.1, -0.05) is 194 Å². The van der Waals surface area contributed by atoms with Crippen molar-refractivity contribution in [1.29, 1.82) is 0 Å². The van der Waals surface area contributed by atoms with Crippen LogP contribution < -0.4 is 0 Å². The predicted octanol–water partition coefficient (Wildman–Crippen LogP) is 17.1. The molecule has 326 valence electrons. The van der Waals surface area contributed by atoms with Crippen LogP contribution in [0, 0.1) is 0 Å². The highest BCUT2D eigenvalue weighted by atomic mass is 15.1. The molecule has 0 aliphatic heterocycles. The molecule has 0 fully saturated rings. The molecule has 12 rings (SSSR count). The lowest BCUT2D eigenvalue weighted by atomic mass is 9.95. The summed E-state index contributed by atoms with van der Waals surface area (Å²) in [7, 11) is 0. The Kier molecular flexibility index (Phi) is 10.9. The molecule has 4 aromatic heterocycles. The molecule has 69 heavy (non-hydrogen) atoms. The standard InChI is InChI=1S/C65H46N4/c1-2-4-6-8-10-12-24-44-66-63(39-19-11-9-7-5-3-1)69-58-36-23-21-32-54(58)65-52(34-26-38-62(65)69)51-33-25-37-61-64(51)53-31-20-22-35-57(53)68(61)50-41-43-60-56(46-50)55-45-48(47-27-15-13-16-28-47)40-42-59(55)67(60)49-29-17-14-18-30-49/h1-46H. The van der Waals surface area contributed by atoms with E-state index < -0.39 is 0 Å². The summed E-state index contributed by atoms with van der Waals surface area (Å²) < 4.78 is 7.15. The third-order valence-corrected chi connectivity index (χ3v) is 13.0. The maximum absolute atomic E-state index is 5.09. The van der Waals surface area contributed by atoms with Gasteiger partial charge in [-0.25, -0.2) is 4.98 Å². The zero-order valence-electron chi connectivity index (χ0n) is 37.8. The fraction of sp³-hybridized carbons (Fsp3) is 0. The van der Waals surface area contributed by atoms with E-state index in [0.717, 1.165) is 39.3 Å². The molecule has 0 N–H and O–H groups in total. The summed E-state index contributed by atoms with van der Waals surface area (Å²) in [5.41, 5.74) is 13.9. The molecular formula is C65H46N4. The Bertz CT molecular complexity index is 4040. The Morgan fingerprint density at radius 1 is 0.246 bits per heavy atom. The molecule has 0 amide bonds. The average molecular weight is 883 g/mol. The molecule has 0 saturated carbocycles. The van der Waals surface area contributed by atoms with E-state index in [4.69, 9.17) is 4.98 Å². The van der Waals surface area contributed by atoms with Gasteiger partial charge in [0.05, 0.1) is 33.1 Å². The Labute approximate surface area is 400 Å². The molecule has 0 saturated heterocycles. The van der Waals surface area contributed by atoms with Gasteiger partial charge in [0.15, 0.2) is 0 Å². The van der Waals surface area contributed by atoms with Crippen molar-refractivity contribution in [3.63, 3.8) is 0 Å². The van der Waals surface area contributed by atoms with Crippen molar-refractivity contribution in [2.45, 2.75) is 0 Å². The molecule has 4 nitrogen and oxygen atoms in total. The Hall–Kier alpha value is -9.25. The highest BCUT2D eigenvalue weighted by Crippen LogP contribution is 2.44. The summed E-state index contributed by atoms with van der Waals surface area (Å²) in [5, 5.41) is 7.21. The minimum atomic E-state index is 0.811. The largest absolute Gasteiger partial charge is 0.309 e. The Balaban J connectivity index is 1.08.